The molecule has 0 aromatic heterocycles. The van der Waals surface area contributed by atoms with Gasteiger partial charge in [-0.25, -0.2) is 4.57 Å². The summed E-state index contributed by atoms with van der Waals surface area (Å²) in [5, 5.41) is 50.3. The highest BCUT2D eigenvalue weighted by atomic mass is 31.2. The molecule has 0 aromatic carbocycles. The molecule has 0 amide bonds. The van der Waals surface area contributed by atoms with Crippen LogP contribution in [0.25, 0.3) is 0 Å². The molecule has 0 saturated heterocycles. The second-order valence-corrected chi connectivity index (χ2v) is 21.2. The number of hydrogen-bond donors (Lipinski definition) is 6. The first-order valence-corrected chi connectivity index (χ1v) is 29.5. The van der Waals surface area contributed by atoms with Crippen molar-refractivity contribution in [3.8, 4) is 0 Å². The Morgan fingerprint density at radius 1 is 0.441 bits per heavy atom. The van der Waals surface area contributed by atoms with Crippen LogP contribution in [0.5, 0.6) is 0 Å². The van der Waals surface area contributed by atoms with Gasteiger partial charge >= 0.3 is 19.8 Å². The summed E-state index contributed by atoms with van der Waals surface area (Å²) in [6.45, 7) is 3.35. The number of allylic oxidation sites excluding steroid dienone is 2. The summed E-state index contributed by atoms with van der Waals surface area (Å²) in [5.41, 5.74) is 0. The molecule has 0 spiro atoms. The largest absolute Gasteiger partial charge is 0.472 e. The van der Waals surface area contributed by atoms with Crippen molar-refractivity contribution < 1.29 is 63.1 Å². The number of ether oxygens (including phenoxy) is 2. The Bertz CT molecular complexity index is 1240. The molecule has 1 rings (SSSR count). The predicted octanol–water partition coefficient (Wildman–Crippen LogP) is 12.6. The van der Waals surface area contributed by atoms with Crippen LogP contribution in [0.2, 0.25) is 0 Å². The number of carbonyl (C=O) groups excluding carboxylic acids is 2. The van der Waals surface area contributed by atoms with Crippen molar-refractivity contribution in [2.75, 3.05) is 13.2 Å². The molecule has 1 aliphatic rings. The van der Waals surface area contributed by atoms with Crippen LogP contribution in [-0.4, -0.2) is 98.3 Å². The van der Waals surface area contributed by atoms with Gasteiger partial charge in [-0.3, -0.25) is 18.6 Å². The minimum absolute atomic E-state index is 0.101. The maximum atomic E-state index is 12.9. The molecule has 402 valence electrons. The second kappa shape index (κ2) is 44.3. The Balaban J connectivity index is 2.33. The molecule has 1 fully saturated rings. The SMILES string of the molecule is CCCCCCCCCC/C=C\CCCCCCCCCCCCCC(=O)OC(COC(=O)CCCCCCCCCCCCCCCCCC)COP(=O)(O)OC1C(O)C(O)C(O)C(O)C1O. The average Bonchev–Trinajstić information content (AvgIpc) is 3.32. The molecule has 6 atom stereocenters. The summed E-state index contributed by atoms with van der Waals surface area (Å²) < 4.78 is 33.7. The van der Waals surface area contributed by atoms with Crippen LogP contribution < -0.4 is 0 Å². The van der Waals surface area contributed by atoms with Gasteiger partial charge in [0, 0.05) is 12.8 Å². The minimum Gasteiger partial charge on any atom is -0.462 e. The van der Waals surface area contributed by atoms with Crippen LogP contribution in [0.3, 0.4) is 0 Å². The van der Waals surface area contributed by atoms with Crippen LogP contribution in [0.4, 0.5) is 0 Å². The van der Waals surface area contributed by atoms with E-state index in [1.165, 1.54) is 180 Å². The van der Waals surface area contributed by atoms with E-state index in [0.29, 0.717) is 12.8 Å². The van der Waals surface area contributed by atoms with Crippen molar-refractivity contribution in [1.29, 1.82) is 0 Å². The molecular weight excluding hydrogens is 888 g/mol. The van der Waals surface area contributed by atoms with E-state index in [1.807, 2.05) is 0 Å². The van der Waals surface area contributed by atoms with E-state index in [0.717, 1.165) is 44.9 Å². The highest BCUT2D eigenvalue weighted by Crippen LogP contribution is 2.47. The molecule has 1 saturated carbocycles. The number of aliphatic hydroxyl groups excluding tert-OH is 5. The summed E-state index contributed by atoms with van der Waals surface area (Å²) in [4.78, 5) is 35.9. The molecule has 0 heterocycles. The van der Waals surface area contributed by atoms with Crippen molar-refractivity contribution in [1.82, 2.24) is 0 Å². The maximum absolute atomic E-state index is 12.9. The van der Waals surface area contributed by atoms with Gasteiger partial charge in [-0.2, -0.15) is 0 Å². The second-order valence-electron chi connectivity index (χ2n) is 19.8. The smallest absolute Gasteiger partial charge is 0.462 e. The van der Waals surface area contributed by atoms with Crippen LogP contribution >= 0.6 is 7.82 Å². The number of unbranched alkanes of at least 4 members (excludes halogenated alkanes) is 34. The fourth-order valence-electron chi connectivity index (χ4n) is 8.87. The van der Waals surface area contributed by atoms with Gasteiger partial charge in [-0.15, -0.1) is 0 Å². The zero-order chi connectivity index (χ0) is 49.9. The lowest BCUT2D eigenvalue weighted by Crippen LogP contribution is -2.64. The number of rotatable bonds is 48. The van der Waals surface area contributed by atoms with Crippen LogP contribution in [-0.2, 0) is 32.7 Å². The van der Waals surface area contributed by atoms with Crippen molar-refractivity contribution in [3.05, 3.63) is 12.2 Å². The first-order chi connectivity index (χ1) is 32.9. The zero-order valence-electron chi connectivity index (χ0n) is 43.2. The highest BCUT2D eigenvalue weighted by Gasteiger charge is 2.51. The maximum Gasteiger partial charge on any atom is 0.472 e. The van der Waals surface area contributed by atoms with Gasteiger partial charge in [-0.1, -0.05) is 225 Å². The molecule has 0 radical (unpaired) electrons. The minimum atomic E-state index is -5.12. The van der Waals surface area contributed by atoms with Gasteiger partial charge in [0.2, 0.25) is 0 Å². The first kappa shape index (κ1) is 64.6. The van der Waals surface area contributed by atoms with Gasteiger partial charge in [0.15, 0.2) is 6.10 Å². The van der Waals surface area contributed by atoms with E-state index in [-0.39, 0.29) is 12.8 Å². The van der Waals surface area contributed by atoms with Crippen molar-refractivity contribution in [2.45, 2.75) is 307 Å². The zero-order valence-corrected chi connectivity index (χ0v) is 44.1. The molecule has 13 nitrogen and oxygen atoms in total. The molecule has 68 heavy (non-hydrogen) atoms. The third kappa shape index (κ3) is 35.7. The Morgan fingerprint density at radius 3 is 1.12 bits per heavy atom. The Kier molecular flexibility index (Phi) is 42.1. The molecule has 14 heteroatoms. The first-order valence-electron chi connectivity index (χ1n) is 28.0. The van der Waals surface area contributed by atoms with E-state index in [2.05, 4.69) is 26.0 Å². The van der Waals surface area contributed by atoms with E-state index in [4.69, 9.17) is 18.5 Å². The number of hydrogen-bond acceptors (Lipinski definition) is 12. The Morgan fingerprint density at radius 2 is 0.750 bits per heavy atom. The molecule has 0 bridgehead atoms. The molecule has 0 aliphatic heterocycles. The summed E-state index contributed by atoms with van der Waals surface area (Å²) in [6.07, 6.45) is 36.9. The summed E-state index contributed by atoms with van der Waals surface area (Å²) >= 11 is 0. The number of phosphoric ester groups is 1. The summed E-state index contributed by atoms with van der Waals surface area (Å²) in [7, 11) is -5.12. The summed E-state index contributed by atoms with van der Waals surface area (Å²) in [5.74, 6) is -1.08. The predicted molar refractivity (Wildman–Crippen MR) is 272 cm³/mol. The lowest BCUT2D eigenvalue weighted by Gasteiger charge is -2.41. The Hall–Kier alpha value is -1.41. The number of aliphatic hydroxyl groups is 5. The number of carbonyl (C=O) groups is 2. The number of phosphoric acid groups is 1. The van der Waals surface area contributed by atoms with Gasteiger partial charge in [-0.05, 0) is 38.5 Å². The standard InChI is InChI=1S/C54H103O13P/c1-3-5-7-9-11-13-15-17-19-21-22-23-24-25-26-27-29-31-33-35-37-39-41-43-48(56)66-46(45-65-68(62,63)67-54-52(60)50(58)49(57)51(59)53(54)61)44-64-47(55)42-40-38-36-34-32-30-28-20-18-16-14-12-10-8-6-4-2/h21-22,46,49-54,57-61H,3-20,23-45H2,1-2H3,(H,62,63)/b22-21-. The normalized spacial score (nSPS) is 21.0. The molecule has 1 aliphatic carbocycles. The third-order valence-corrected chi connectivity index (χ3v) is 14.3. The fourth-order valence-corrected chi connectivity index (χ4v) is 9.85. The number of esters is 2. The quantitative estimate of drug-likeness (QED) is 0.0145. The highest BCUT2D eigenvalue weighted by molar-refractivity contribution is 7.47. The van der Waals surface area contributed by atoms with Gasteiger partial charge < -0.3 is 39.9 Å². The van der Waals surface area contributed by atoms with E-state index in [9.17, 15) is 44.6 Å². The molecule has 0 aromatic rings. The van der Waals surface area contributed by atoms with Crippen LogP contribution in [0, 0.1) is 0 Å². The van der Waals surface area contributed by atoms with Crippen molar-refractivity contribution in [3.63, 3.8) is 0 Å². The Labute approximate surface area is 413 Å². The van der Waals surface area contributed by atoms with E-state index < -0.39 is 75.7 Å². The monoisotopic (exact) mass is 991 g/mol. The molecule has 6 unspecified atom stereocenters. The fraction of sp³-hybridized carbons (Fsp3) is 0.926. The average molecular weight is 991 g/mol. The molecular formula is C54H103O13P. The van der Waals surface area contributed by atoms with Crippen LogP contribution in [0.1, 0.15) is 264 Å². The van der Waals surface area contributed by atoms with Gasteiger partial charge in [0.25, 0.3) is 0 Å². The van der Waals surface area contributed by atoms with Crippen molar-refractivity contribution in [2.24, 2.45) is 0 Å². The van der Waals surface area contributed by atoms with Gasteiger partial charge in [0.05, 0.1) is 6.61 Å². The lowest BCUT2D eigenvalue weighted by molar-refractivity contribution is -0.220. The summed E-state index contributed by atoms with van der Waals surface area (Å²) in [6, 6.07) is 0. The topological polar surface area (TPSA) is 210 Å². The van der Waals surface area contributed by atoms with E-state index >= 15 is 0 Å². The van der Waals surface area contributed by atoms with Crippen molar-refractivity contribution >= 4 is 19.8 Å². The van der Waals surface area contributed by atoms with E-state index in [1.54, 1.807) is 0 Å². The molecule has 6 N–H and O–H groups in total. The van der Waals surface area contributed by atoms with Crippen LogP contribution in [0.15, 0.2) is 12.2 Å². The van der Waals surface area contributed by atoms with Gasteiger partial charge in [0.1, 0.15) is 43.2 Å². The lowest BCUT2D eigenvalue weighted by atomic mass is 9.85. The third-order valence-electron chi connectivity index (χ3n) is 13.4.